The minimum atomic E-state index is 0.0342. The Morgan fingerprint density at radius 2 is 2.05 bits per heavy atom. The van der Waals surface area contributed by atoms with Crippen LogP contribution in [0.15, 0.2) is 46.3 Å². The Kier molecular flexibility index (Phi) is 3.08. The molecular formula is C17H11BrO2S. The lowest BCUT2D eigenvalue weighted by Crippen LogP contribution is -2.03. The maximum atomic E-state index is 12.9. The van der Waals surface area contributed by atoms with E-state index in [4.69, 9.17) is 4.74 Å². The van der Waals surface area contributed by atoms with E-state index < -0.39 is 0 Å². The summed E-state index contributed by atoms with van der Waals surface area (Å²) in [6.45, 7) is 0.649. The van der Waals surface area contributed by atoms with Gasteiger partial charge in [-0.1, -0.05) is 34.1 Å². The summed E-state index contributed by atoms with van der Waals surface area (Å²) in [5, 5.41) is 2.95. The lowest BCUT2D eigenvalue weighted by Gasteiger charge is -2.08. The van der Waals surface area contributed by atoms with Crippen LogP contribution in [0.5, 0.6) is 5.75 Å². The Morgan fingerprint density at radius 1 is 1.19 bits per heavy atom. The van der Waals surface area contributed by atoms with Gasteiger partial charge in [0.2, 0.25) is 0 Å². The molecule has 0 N–H and O–H groups in total. The average molecular weight is 359 g/mol. The molecule has 0 saturated heterocycles. The molecule has 1 aliphatic rings. The number of ether oxygens (including phenoxy) is 1. The highest BCUT2D eigenvalue weighted by atomic mass is 79.9. The number of benzene rings is 2. The van der Waals surface area contributed by atoms with Crippen molar-refractivity contribution in [2.45, 2.75) is 6.42 Å². The molecule has 0 atom stereocenters. The summed E-state index contributed by atoms with van der Waals surface area (Å²) in [5.41, 5.74) is 2.51. The van der Waals surface area contributed by atoms with Crippen molar-refractivity contribution in [2.75, 3.05) is 6.61 Å². The van der Waals surface area contributed by atoms with Gasteiger partial charge in [-0.15, -0.1) is 11.3 Å². The molecule has 2 heterocycles. The van der Waals surface area contributed by atoms with E-state index in [-0.39, 0.29) is 5.78 Å². The van der Waals surface area contributed by atoms with Crippen molar-refractivity contribution >= 4 is 43.1 Å². The van der Waals surface area contributed by atoms with Gasteiger partial charge >= 0.3 is 0 Å². The molecule has 3 aromatic rings. The summed E-state index contributed by atoms with van der Waals surface area (Å²) in [6.07, 6.45) is 0.861. The van der Waals surface area contributed by atoms with E-state index >= 15 is 0 Å². The Labute approximate surface area is 134 Å². The summed E-state index contributed by atoms with van der Waals surface area (Å²) in [6, 6.07) is 11.9. The second-order valence-corrected chi connectivity index (χ2v) is 6.84. The predicted molar refractivity (Wildman–Crippen MR) is 88.6 cm³/mol. The van der Waals surface area contributed by atoms with Crippen molar-refractivity contribution in [3.05, 3.63) is 62.9 Å². The average Bonchev–Trinajstić information content (AvgIpc) is 3.11. The van der Waals surface area contributed by atoms with E-state index in [1.54, 1.807) is 11.3 Å². The molecule has 0 aliphatic carbocycles. The van der Waals surface area contributed by atoms with Crippen LogP contribution in [0.2, 0.25) is 0 Å². The van der Waals surface area contributed by atoms with Gasteiger partial charge in [0.15, 0.2) is 5.78 Å². The van der Waals surface area contributed by atoms with Gasteiger partial charge in [0.25, 0.3) is 0 Å². The van der Waals surface area contributed by atoms with E-state index in [1.807, 2.05) is 41.8 Å². The topological polar surface area (TPSA) is 26.3 Å². The maximum Gasteiger partial charge on any atom is 0.198 e. The number of carbonyl (C=O) groups excluding carboxylic acids is 1. The molecule has 0 bridgehead atoms. The van der Waals surface area contributed by atoms with Crippen molar-refractivity contribution in [1.29, 1.82) is 0 Å². The van der Waals surface area contributed by atoms with Crippen LogP contribution >= 0.6 is 27.3 Å². The highest BCUT2D eigenvalue weighted by molar-refractivity contribution is 9.10. The highest BCUT2D eigenvalue weighted by Gasteiger charge is 2.24. The van der Waals surface area contributed by atoms with Crippen LogP contribution in [0.4, 0.5) is 0 Å². The Balaban J connectivity index is 1.89. The molecule has 0 amide bonds. The number of fused-ring (bicyclic) bond motifs is 2. The maximum absolute atomic E-state index is 12.9. The zero-order valence-corrected chi connectivity index (χ0v) is 13.5. The number of hydrogen-bond acceptors (Lipinski definition) is 3. The number of halogens is 1. The molecule has 0 fully saturated rings. The lowest BCUT2D eigenvalue weighted by atomic mass is 9.99. The number of ketones is 1. The van der Waals surface area contributed by atoms with Crippen LogP contribution in [0.3, 0.4) is 0 Å². The van der Waals surface area contributed by atoms with E-state index in [0.29, 0.717) is 12.2 Å². The number of carbonyl (C=O) groups is 1. The van der Waals surface area contributed by atoms with Crippen molar-refractivity contribution in [2.24, 2.45) is 0 Å². The molecule has 104 valence electrons. The molecule has 0 spiro atoms. The normalized spacial score (nSPS) is 13.2. The van der Waals surface area contributed by atoms with Crippen LogP contribution in [0, 0.1) is 0 Å². The highest BCUT2D eigenvalue weighted by Crippen LogP contribution is 2.36. The van der Waals surface area contributed by atoms with E-state index in [0.717, 1.165) is 37.9 Å². The zero-order chi connectivity index (χ0) is 14.4. The van der Waals surface area contributed by atoms with Crippen LogP contribution in [-0.2, 0) is 6.42 Å². The number of thiophene rings is 1. The quantitative estimate of drug-likeness (QED) is 0.613. The Bertz CT molecular complexity index is 866. The van der Waals surface area contributed by atoms with Crippen molar-refractivity contribution < 1.29 is 9.53 Å². The first-order valence-electron chi connectivity index (χ1n) is 6.70. The zero-order valence-electron chi connectivity index (χ0n) is 11.1. The molecular weight excluding hydrogens is 348 g/mol. The third kappa shape index (κ3) is 2.10. The van der Waals surface area contributed by atoms with Gasteiger partial charge in [-0.2, -0.15) is 0 Å². The van der Waals surface area contributed by atoms with Gasteiger partial charge in [0, 0.05) is 31.9 Å². The van der Waals surface area contributed by atoms with Crippen LogP contribution in [0.1, 0.15) is 21.5 Å². The summed E-state index contributed by atoms with van der Waals surface area (Å²) >= 11 is 5.09. The van der Waals surface area contributed by atoms with Gasteiger partial charge in [0.1, 0.15) is 5.75 Å². The van der Waals surface area contributed by atoms with Gasteiger partial charge in [-0.3, -0.25) is 4.79 Å². The van der Waals surface area contributed by atoms with E-state index in [1.165, 1.54) is 0 Å². The molecule has 2 nitrogen and oxygen atoms in total. The van der Waals surface area contributed by atoms with E-state index in [2.05, 4.69) is 15.9 Å². The molecule has 0 unspecified atom stereocenters. The largest absolute Gasteiger partial charge is 0.492 e. The molecule has 1 aromatic heterocycles. The Hall–Kier alpha value is -1.65. The van der Waals surface area contributed by atoms with Gasteiger partial charge < -0.3 is 4.74 Å². The van der Waals surface area contributed by atoms with Crippen LogP contribution in [0.25, 0.3) is 10.1 Å². The smallest absolute Gasteiger partial charge is 0.198 e. The molecule has 4 rings (SSSR count). The van der Waals surface area contributed by atoms with Gasteiger partial charge in [0.05, 0.1) is 12.2 Å². The fourth-order valence-electron chi connectivity index (χ4n) is 2.74. The monoisotopic (exact) mass is 358 g/mol. The molecule has 2 aromatic carbocycles. The second-order valence-electron chi connectivity index (χ2n) is 5.01. The molecule has 21 heavy (non-hydrogen) atoms. The Morgan fingerprint density at radius 3 is 2.95 bits per heavy atom. The third-order valence-corrected chi connectivity index (χ3v) is 5.14. The predicted octanol–water partition coefficient (Wildman–Crippen LogP) is 4.83. The molecule has 0 radical (unpaired) electrons. The fourth-order valence-corrected chi connectivity index (χ4v) is 4.18. The minimum Gasteiger partial charge on any atom is -0.492 e. The van der Waals surface area contributed by atoms with Crippen LogP contribution in [-0.4, -0.2) is 12.4 Å². The number of rotatable bonds is 2. The van der Waals surface area contributed by atoms with Crippen molar-refractivity contribution in [1.82, 2.24) is 0 Å². The second kappa shape index (κ2) is 4.97. The molecule has 1 aliphatic heterocycles. The molecule has 4 heteroatoms. The fraction of sp³-hybridized carbons (Fsp3) is 0.118. The van der Waals surface area contributed by atoms with Gasteiger partial charge in [-0.05, 0) is 23.8 Å². The first kappa shape index (κ1) is 13.0. The summed E-state index contributed by atoms with van der Waals surface area (Å²) in [4.78, 5) is 12.9. The molecule has 0 saturated carbocycles. The SMILES string of the molecule is O=C(c1cc(Br)cc2c1OCC2)c1csc2ccccc12. The summed E-state index contributed by atoms with van der Waals surface area (Å²) < 4.78 is 7.74. The van der Waals surface area contributed by atoms with Crippen LogP contribution < -0.4 is 4.74 Å². The lowest BCUT2D eigenvalue weighted by molar-refractivity contribution is 0.103. The first-order valence-corrected chi connectivity index (χ1v) is 8.37. The number of hydrogen-bond donors (Lipinski definition) is 0. The van der Waals surface area contributed by atoms with Crippen molar-refractivity contribution in [3.63, 3.8) is 0 Å². The van der Waals surface area contributed by atoms with Crippen molar-refractivity contribution in [3.8, 4) is 5.75 Å². The van der Waals surface area contributed by atoms with E-state index in [9.17, 15) is 4.79 Å². The summed E-state index contributed by atoms with van der Waals surface area (Å²) in [7, 11) is 0. The van der Waals surface area contributed by atoms with Gasteiger partial charge in [-0.25, -0.2) is 0 Å². The first-order chi connectivity index (χ1) is 10.2. The third-order valence-electron chi connectivity index (χ3n) is 3.72. The minimum absolute atomic E-state index is 0.0342. The standard InChI is InChI=1S/C17H11BrO2S/c18-11-7-10-5-6-20-17(10)13(8-11)16(19)14-9-21-15-4-2-1-3-12(14)15/h1-4,7-9H,5-6H2. The summed E-state index contributed by atoms with van der Waals surface area (Å²) in [5.74, 6) is 0.783.